The number of hydrogen-bond donors (Lipinski definition) is 2. The van der Waals surface area contributed by atoms with Crippen molar-refractivity contribution in [2.75, 3.05) is 17.7 Å². The molecule has 142 valence electrons. The first-order valence-electron chi connectivity index (χ1n) is 8.45. The summed E-state index contributed by atoms with van der Waals surface area (Å²) < 4.78 is 5.09. The van der Waals surface area contributed by atoms with E-state index in [2.05, 4.69) is 15.6 Å². The van der Waals surface area contributed by atoms with Crippen molar-refractivity contribution < 1.29 is 14.3 Å². The minimum atomic E-state index is -0.414. The average molecular weight is 396 g/mol. The molecule has 0 fully saturated rings. The summed E-state index contributed by atoms with van der Waals surface area (Å²) in [5.41, 5.74) is 2.54. The summed E-state index contributed by atoms with van der Waals surface area (Å²) in [6.07, 6.45) is 1.42. The van der Waals surface area contributed by atoms with Gasteiger partial charge in [0.15, 0.2) is 0 Å². The minimum absolute atomic E-state index is 0.135. The van der Waals surface area contributed by atoms with E-state index in [1.807, 2.05) is 6.92 Å². The number of benzene rings is 2. The Labute approximate surface area is 167 Å². The lowest BCUT2D eigenvalue weighted by atomic mass is 10.1. The first kappa shape index (κ1) is 19.4. The first-order chi connectivity index (χ1) is 13.5. The van der Waals surface area contributed by atoms with E-state index in [0.717, 1.165) is 5.56 Å². The Balaban J connectivity index is 1.73. The summed E-state index contributed by atoms with van der Waals surface area (Å²) in [4.78, 5) is 29.0. The number of carbonyl (C=O) groups is 2. The molecule has 2 amide bonds. The molecule has 0 saturated carbocycles. The molecule has 0 bridgehead atoms. The molecule has 3 aromatic rings. The minimum Gasteiger partial charge on any atom is -0.497 e. The van der Waals surface area contributed by atoms with Gasteiger partial charge in [-0.3, -0.25) is 14.6 Å². The molecule has 0 spiro atoms. The third kappa shape index (κ3) is 4.66. The van der Waals surface area contributed by atoms with Crippen molar-refractivity contribution in [1.82, 2.24) is 4.98 Å². The fourth-order valence-electron chi connectivity index (χ4n) is 2.53. The maximum absolute atomic E-state index is 12.5. The highest BCUT2D eigenvalue weighted by Gasteiger charge is 2.13. The number of aromatic nitrogens is 1. The number of nitrogens with zero attached hydrogens (tertiary/aromatic N) is 1. The monoisotopic (exact) mass is 395 g/mol. The van der Waals surface area contributed by atoms with Crippen LogP contribution in [0.4, 0.5) is 11.4 Å². The van der Waals surface area contributed by atoms with E-state index in [1.54, 1.807) is 55.6 Å². The molecule has 0 radical (unpaired) electrons. The number of hydrogen-bond acceptors (Lipinski definition) is 4. The predicted octanol–water partition coefficient (Wildman–Crippen LogP) is 4.56. The predicted molar refractivity (Wildman–Crippen MR) is 109 cm³/mol. The summed E-state index contributed by atoms with van der Waals surface area (Å²) in [6.45, 7) is 1.85. The van der Waals surface area contributed by atoms with E-state index in [0.29, 0.717) is 27.7 Å². The van der Waals surface area contributed by atoms with Crippen LogP contribution in [0.25, 0.3) is 0 Å². The zero-order valence-electron chi connectivity index (χ0n) is 15.3. The molecule has 0 aliphatic rings. The molecule has 0 saturated heterocycles. The van der Waals surface area contributed by atoms with Crippen LogP contribution in [0.5, 0.6) is 5.75 Å². The number of halogens is 1. The van der Waals surface area contributed by atoms with Gasteiger partial charge in [-0.15, -0.1) is 0 Å². The van der Waals surface area contributed by atoms with Gasteiger partial charge in [0.25, 0.3) is 11.8 Å². The highest BCUT2D eigenvalue weighted by Crippen LogP contribution is 2.20. The van der Waals surface area contributed by atoms with Crippen molar-refractivity contribution in [2.45, 2.75) is 6.92 Å². The molecular formula is C21H18ClN3O3. The molecule has 0 aliphatic carbocycles. The summed E-state index contributed by atoms with van der Waals surface area (Å²) in [6, 6.07) is 15.1. The smallest absolute Gasteiger partial charge is 0.274 e. The van der Waals surface area contributed by atoms with Crippen molar-refractivity contribution in [1.29, 1.82) is 0 Å². The zero-order valence-corrected chi connectivity index (χ0v) is 16.1. The van der Waals surface area contributed by atoms with Crippen molar-refractivity contribution in [3.05, 3.63) is 82.6 Å². The molecule has 1 aromatic heterocycles. The van der Waals surface area contributed by atoms with Crippen molar-refractivity contribution in [3.8, 4) is 5.75 Å². The number of aryl methyl sites for hydroxylation is 1. The lowest BCUT2D eigenvalue weighted by Crippen LogP contribution is -2.17. The summed E-state index contributed by atoms with van der Waals surface area (Å²) >= 11 is 5.94. The Morgan fingerprint density at radius 2 is 1.71 bits per heavy atom. The number of pyridine rings is 1. The largest absolute Gasteiger partial charge is 0.497 e. The SMILES string of the molecule is COc1ccc(NC(=O)c2cc(C(=O)Nc3ccc(Cl)cc3C)ccn2)cc1. The first-order valence-corrected chi connectivity index (χ1v) is 8.83. The Morgan fingerprint density at radius 1 is 0.964 bits per heavy atom. The number of carbonyl (C=O) groups excluding carboxylic acids is 2. The van der Waals surface area contributed by atoms with E-state index in [4.69, 9.17) is 16.3 Å². The average Bonchev–Trinajstić information content (AvgIpc) is 2.70. The standard InChI is InChI=1S/C21H18ClN3O3/c1-13-11-15(22)3-8-18(13)25-20(26)14-9-10-23-19(12-14)21(27)24-16-4-6-17(28-2)7-5-16/h3-12H,1-2H3,(H,24,27)(H,25,26). The molecular weight excluding hydrogens is 378 g/mol. The molecule has 3 rings (SSSR count). The number of methoxy groups -OCH3 is 1. The van der Waals surface area contributed by atoms with Crippen LogP contribution in [0.3, 0.4) is 0 Å². The van der Waals surface area contributed by atoms with E-state index in [1.165, 1.54) is 12.3 Å². The van der Waals surface area contributed by atoms with Crippen LogP contribution in [-0.2, 0) is 0 Å². The van der Waals surface area contributed by atoms with Gasteiger partial charge in [-0.1, -0.05) is 11.6 Å². The molecule has 7 heteroatoms. The number of anilines is 2. The molecule has 2 N–H and O–H groups in total. The molecule has 0 aliphatic heterocycles. The van der Waals surface area contributed by atoms with Crippen LogP contribution < -0.4 is 15.4 Å². The molecule has 6 nitrogen and oxygen atoms in total. The van der Waals surface area contributed by atoms with E-state index >= 15 is 0 Å². The third-order valence-corrected chi connectivity index (χ3v) is 4.27. The Hall–Kier alpha value is -3.38. The Bertz CT molecular complexity index is 1020. The van der Waals surface area contributed by atoms with Gasteiger partial charge < -0.3 is 15.4 Å². The van der Waals surface area contributed by atoms with Gasteiger partial charge in [0.05, 0.1) is 7.11 Å². The van der Waals surface area contributed by atoms with Crippen LogP contribution in [0, 0.1) is 6.92 Å². The zero-order chi connectivity index (χ0) is 20.1. The van der Waals surface area contributed by atoms with E-state index in [9.17, 15) is 9.59 Å². The van der Waals surface area contributed by atoms with Crippen LogP contribution in [0.2, 0.25) is 5.02 Å². The maximum atomic E-state index is 12.5. The second-order valence-corrected chi connectivity index (χ2v) is 6.46. The highest BCUT2D eigenvalue weighted by molar-refractivity contribution is 6.30. The number of ether oxygens (including phenoxy) is 1. The van der Waals surface area contributed by atoms with Gasteiger partial charge in [-0.2, -0.15) is 0 Å². The quantitative estimate of drug-likeness (QED) is 0.663. The van der Waals surface area contributed by atoms with Crippen LogP contribution in [0.15, 0.2) is 60.8 Å². The third-order valence-electron chi connectivity index (χ3n) is 4.04. The topological polar surface area (TPSA) is 80.3 Å². The van der Waals surface area contributed by atoms with Gasteiger partial charge in [0.1, 0.15) is 11.4 Å². The Morgan fingerprint density at radius 3 is 2.39 bits per heavy atom. The lowest BCUT2D eigenvalue weighted by Gasteiger charge is -2.10. The number of nitrogens with one attached hydrogen (secondary N) is 2. The van der Waals surface area contributed by atoms with E-state index < -0.39 is 5.91 Å². The van der Waals surface area contributed by atoms with Gasteiger partial charge in [-0.25, -0.2) is 0 Å². The van der Waals surface area contributed by atoms with Gasteiger partial charge >= 0.3 is 0 Å². The summed E-state index contributed by atoms with van der Waals surface area (Å²) in [7, 11) is 1.57. The van der Waals surface area contributed by atoms with Gasteiger partial charge in [0, 0.05) is 28.2 Å². The Kier molecular flexibility index (Phi) is 5.91. The fraction of sp³-hybridized carbons (Fsp3) is 0.0952. The summed E-state index contributed by atoms with van der Waals surface area (Å²) in [5, 5.41) is 6.14. The summed E-state index contributed by atoms with van der Waals surface area (Å²) in [5.74, 6) is -0.0684. The van der Waals surface area contributed by atoms with Crippen LogP contribution in [0.1, 0.15) is 26.4 Å². The van der Waals surface area contributed by atoms with Crippen LogP contribution in [-0.4, -0.2) is 23.9 Å². The second kappa shape index (κ2) is 8.54. The molecule has 28 heavy (non-hydrogen) atoms. The maximum Gasteiger partial charge on any atom is 0.274 e. The van der Waals surface area contributed by atoms with Crippen LogP contribution >= 0.6 is 11.6 Å². The van der Waals surface area contributed by atoms with E-state index in [-0.39, 0.29) is 11.6 Å². The second-order valence-electron chi connectivity index (χ2n) is 6.03. The molecule has 0 unspecified atom stereocenters. The van der Waals surface area contributed by atoms with Gasteiger partial charge in [0.2, 0.25) is 0 Å². The number of rotatable bonds is 5. The lowest BCUT2D eigenvalue weighted by molar-refractivity contribution is 0.102. The van der Waals surface area contributed by atoms with Crippen molar-refractivity contribution in [2.24, 2.45) is 0 Å². The molecule has 2 aromatic carbocycles. The number of amides is 2. The molecule has 1 heterocycles. The fourth-order valence-corrected chi connectivity index (χ4v) is 2.75. The highest BCUT2D eigenvalue weighted by atomic mass is 35.5. The van der Waals surface area contributed by atoms with Crippen molar-refractivity contribution in [3.63, 3.8) is 0 Å². The van der Waals surface area contributed by atoms with Gasteiger partial charge in [-0.05, 0) is 67.1 Å². The van der Waals surface area contributed by atoms with Crippen molar-refractivity contribution >= 4 is 34.8 Å². The molecule has 0 atom stereocenters. The normalized spacial score (nSPS) is 10.2.